The molecule has 7 nitrogen and oxygen atoms in total. The Morgan fingerprint density at radius 1 is 1.33 bits per heavy atom. The fourth-order valence-electron chi connectivity index (χ4n) is 1.60. The molecule has 1 heterocycles. The average Bonchev–Trinajstić information content (AvgIpc) is 2.98. The van der Waals surface area contributed by atoms with Crippen LogP contribution in [0.2, 0.25) is 0 Å². The highest BCUT2D eigenvalue weighted by Crippen LogP contribution is 1.99. The van der Waals surface area contributed by atoms with Crippen molar-refractivity contribution in [2.45, 2.75) is 13.3 Å². The number of methoxy groups -OCH3 is 1. The zero-order valence-corrected chi connectivity index (χ0v) is 12.6. The Labute approximate surface area is 125 Å². The number of amides is 1. The summed E-state index contributed by atoms with van der Waals surface area (Å²) in [6.07, 6.45) is 2.41. The van der Waals surface area contributed by atoms with E-state index in [-0.39, 0.29) is 12.5 Å². The highest BCUT2D eigenvalue weighted by molar-refractivity contribution is 5.84. The van der Waals surface area contributed by atoms with Crippen LogP contribution in [0.25, 0.3) is 0 Å². The lowest BCUT2D eigenvalue weighted by Gasteiger charge is -2.10. The molecule has 1 aromatic rings. The van der Waals surface area contributed by atoms with Crippen LogP contribution in [0, 0.1) is 0 Å². The second kappa shape index (κ2) is 10.7. The summed E-state index contributed by atoms with van der Waals surface area (Å²) in [4.78, 5) is 15.8. The minimum atomic E-state index is -0.129. The van der Waals surface area contributed by atoms with Crippen molar-refractivity contribution in [3.8, 4) is 0 Å². The van der Waals surface area contributed by atoms with Crippen molar-refractivity contribution in [3.63, 3.8) is 0 Å². The van der Waals surface area contributed by atoms with Gasteiger partial charge in [-0.25, -0.2) is 4.99 Å². The van der Waals surface area contributed by atoms with Crippen LogP contribution in [-0.4, -0.2) is 51.8 Å². The molecule has 1 rings (SSSR count). The molecular weight excluding hydrogens is 272 g/mol. The first-order valence-corrected chi connectivity index (χ1v) is 7.06. The van der Waals surface area contributed by atoms with E-state index in [4.69, 9.17) is 9.15 Å². The van der Waals surface area contributed by atoms with Crippen molar-refractivity contribution in [2.24, 2.45) is 4.99 Å². The van der Waals surface area contributed by atoms with Crippen molar-refractivity contribution >= 4 is 11.9 Å². The molecule has 0 saturated carbocycles. The average molecular weight is 296 g/mol. The summed E-state index contributed by atoms with van der Waals surface area (Å²) in [6, 6.07) is 3.79. The predicted octanol–water partition coefficient (Wildman–Crippen LogP) is 0.140. The largest absolute Gasteiger partial charge is 0.469 e. The Morgan fingerprint density at radius 3 is 2.86 bits per heavy atom. The second-order valence-electron chi connectivity index (χ2n) is 4.29. The van der Waals surface area contributed by atoms with Gasteiger partial charge in [0.15, 0.2) is 5.96 Å². The van der Waals surface area contributed by atoms with Crippen LogP contribution in [-0.2, 0) is 16.0 Å². The normalized spacial score (nSPS) is 11.2. The van der Waals surface area contributed by atoms with Crippen LogP contribution in [0.15, 0.2) is 27.8 Å². The number of hydrogen-bond acceptors (Lipinski definition) is 4. The number of guanidine groups is 1. The number of nitrogens with one attached hydrogen (secondary N) is 3. The molecule has 7 heteroatoms. The van der Waals surface area contributed by atoms with Gasteiger partial charge in [-0.15, -0.1) is 0 Å². The highest BCUT2D eigenvalue weighted by atomic mass is 16.5. The first-order valence-electron chi connectivity index (χ1n) is 7.06. The zero-order chi connectivity index (χ0) is 15.3. The van der Waals surface area contributed by atoms with Crippen LogP contribution < -0.4 is 16.0 Å². The number of hydrogen-bond donors (Lipinski definition) is 3. The number of rotatable bonds is 9. The molecule has 21 heavy (non-hydrogen) atoms. The van der Waals surface area contributed by atoms with Crippen LogP contribution in [0.3, 0.4) is 0 Å². The van der Waals surface area contributed by atoms with Crippen molar-refractivity contribution in [1.29, 1.82) is 0 Å². The van der Waals surface area contributed by atoms with E-state index in [1.165, 1.54) is 0 Å². The van der Waals surface area contributed by atoms with Gasteiger partial charge in [-0.3, -0.25) is 4.79 Å². The van der Waals surface area contributed by atoms with E-state index in [2.05, 4.69) is 20.9 Å². The van der Waals surface area contributed by atoms with Crippen molar-refractivity contribution in [3.05, 3.63) is 24.2 Å². The van der Waals surface area contributed by atoms with E-state index >= 15 is 0 Å². The minimum absolute atomic E-state index is 0.0831. The predicted molar refractivity (Wildman–Crippen MR) is 81.3 cm³/mol. The first kappa shape index (κ1) is 17.0. The Hall–Kier alpha value is -2.02. The second-order valence-corrected chi connectivity index (χ2v) is 4.29. The fourth-order valence-corrected chi connectivity index (χ4v) is 1.60. The quantitative estimate of drug-likeness (QED) is 0.343. The standard InChI is InChI=1S/C14H24N4O3/c1-3-15-14(17-7-6-12-5-4-9-21-12)18-11-13(19)16-8-10-20-2/h4-5,9H,3,6-8,10-11H2,1-2H3,(H,16,19)(H2,15,17,18). The molecule has 1 amide bonds. The van der Waals surface area contributed by atoms with Gasteiger partial charge in [-0.2, -0.15) is 0 Å². The number of nitrogens with zero attached hydrogens (tertiary/aromatic N) is 1. The maximum atomic E-state index is 11.5. The highest BCUT2D eigenvalue weighted by Gasteiger charge is 2.02. The molecule has 0 radical (unpaired) electrons. The lowest BCUT2D eigenvalue weighted by molar-refractivity contribution is -0.119. The lowest BCUT2D eigenvalue weighted by atomic mass is 10.3. The maximum absolute atomic E-state index is 11.5. The molecule has 0 aliphatic rings. The van der Waals surface area contributed by atoms with E-state index in [1.54, 1.807) is 13.4 Å². The fraction of sp³-hybridized carbons (Fsp3) is 0.571. The first-order chi connectivity index (χ1) is 10.3. The third kappa shape index (κ3) is 7.98. The molecule has 0 fully saturated rings. The van der Waals surface area contributed by atoms with E-state index in [0.29, 0.717) is 25.7 Å². The van der Waals surface area contributed by atoms with Gasteiger partial charge < -0.3 is 25.1 Å². The number of carbonyl (C=O) groups is 1. The van der Waals surface area contributed by atoms with Gasteiger partial charge in [0.2, 0.25) is 5.91 Å². The number of furan rings is 1. The third-order valence-corrected chi connectivity index (χ3v) is 2.60. The van der Waals surface area contributed by atoms with Crippen molar-refractivity contribution in [2.75, 3.05) is 39.9 Å². The van der Waals surface area contributed by atoms with Crippen LogP contribution in [0.5, 0.6) is 0 Å². The maximum Gasteiger partial charge on any atom is 0.241 e. The third-order valence-electron chi connectivity index (χ3n) is 2.60. The molecule has 0 bridgehead atoms. The van der Waals surface area contributed by atoms with E-state index in [1.807, 2.05) is 19.1 Å². The molecule has 0 atom stereocenters. The van der Waals surface area contributed by atoms with Gasteiger partial charge in [0.05, 0.1) is 12.9 Å². The Balaban J connectivity index is 2.29. The molecule has 0 saturated heterocycles. The monoisotopic (exact) mass is 296 g/mol. The Kier molecular flexibility index (Phi) is 8.70. The topological polar surface area (TPSA) is 87.9 Å². The Morgan fingerprint density at radius 2 is 2.19 bits per heavy atom. The van der Waals surface area contributed by atoms with Crippen LogP contribution >= 0.6 is 0 Å². The van der Waals surface area contributed by atoms with E-state index < -0.39 is 0 Å². The van der Waals surface area contributed by atoms with Gasteiger partial charge in [0, 0.05) is 33.2 Å². The molecule has 1 aromatic heterocycles. The molecule has 0 spiro atoms. The van der Waals surface area contributed by atoms with Crippen molar-refractivity contribution < 1.29 is 13.9 Å². The molecule has 0 aromatic carbocycles. The van der Waals surface area contributed by atoms with E-state index in [0.717, 1.165) is 18.7 Å². The summed E-state index contributed by atoms with van der Waals surface area (Å²) in [6.45, 7) is 4.47. The van der Waals surface area contributed by atoms with E-state index in [9.17, 15) is 4.79 Å². The molecule has 0 unspecified atom stereocenters. The summed E-state index contributed by atoms with van der Waals surface area (Å²) in [5.41, 5.74) is 0. The molecule has 0 aliphatic heterocycles. The summed E-state index contributed by atoms with van der Waals surface area (Å²) in [5, 5.41) is 8.96. The van der Waals surface area contributed by atoms with Gasteiger partial charge in [0.25, 0.3) is 0 Å². The number of aliphatic imine (C=N–C) groups is 1. The minimum Gasteiger partial charge on any atom is -0.469 e. The summed E-state index contributed by atoms with van der Waals surface area (Å²) < 4.78 is 10.1. The summed E-state index contributed by atoms with van der Waals surface area (Å²) >= 11 is 0. The SMILES string of the molecule is CCNC(=NCC(=O)NCCOC)NCCc1ccco1. The van der Waals surface area contributed by atoms with Gasteiger partial charge >= 0.3 is 0 Å². The van der Waals surface area contributed by atoms with Gasteiger partial charge in [-0.1, -0.05) is 0 Å². The van der Waals surface area contributed by atoms with Crippen molar-refractivity contribution in [1.82, 2.24) is 16.0 Å². The Bertz CT molecular complexity index is 418. The smallest absolute Gasteiger partial charge is 0.241 e. The summed E-state index contributed by atoms with van der Waals surface area (Å²) in [5.74, 6) is 1.40. The molecule has 3 N–H and O–H groups in total. The van der Waals surface area contributed by atoms with Crippen LogP contribution in [0.1, 0.15) is 12.7 Å². The van der Waals surface area contributed by atoms with Gasteiger partial charge in [0.1, 0.15) is 12.3 Å². The molecule has 118 valence electrons. The number of ether oxygens (including phenoxy) is 1. The number of carbonyl (C=O) groups excluding carboxylic acids is 1. The molecular formula is C14H24N4O3. The lowest BCUT2D eigenvalue weighted by Crippen LogP contribution is -2.39. The zero-order valence-electron chi connectivity index (χ0n) is 12.6. The summed E-state index contributed by atoms with van der Waals surface area (Å²) in [7, 11) is 1.59. The van der Waals surface area contributed by atoms with Gasteiger partial charge in [-0.05, 0) is 19.1 Å². The van der Waals surface area contributed by atoms with Crippen LogP contribution in [0.4, 0.5) is 0 Å². The molecule has 0 aliphatic carbocycles.